The number of hydrogen-bond acceptors (Lipinski definition) is 4. The predicted octanol–water partition coefficient (Wildman–Crippen LogP) is 3.54. The van der Waals surface area contributed by atoms with Gasteiger partial charge in [0, 0.05) is 22.3 Å². The Labute approximate surface area is 144 Å². The Bertz CT molecular complexity index is 741. The molecular weight excluding hydrogens is 330 g/mol. The highest BCUT2D eigenvalue weighted by Gasteiger charge is 2.06. The first kappa shape index (κ1) is 17.6. The number of benzene rings is 2. The summed E-state index contributed by atoms with van der Waals surface area (Å²) in [5.74, 6) is -0.412. The van der Waals surface area contributed by atoms with E-state index in [0.29, 0.717) is 16.5 Å². The quantitative estimate of drug-likeness (QED) is 0.642. The molecule has 2 aromatic rings. The van der Waals surface area contributed by atoms with Crippen molar-refractivity contribution in [1.82, 2.24) is 0 Å². The summed E-state index contributed by atoms with van der Waals surface area (Å²) in [6.07, 6.45) is 2.81. The van der Waals surface area contributed by atoms with Crippen molar-refractivity contribution in [2.45, 2.75) is 0 Å². The lowest BCUT2D eigenvalue weighted by atomic mass is 10.2. The number of halogens is 1. The lowest BCUT2D eigenvalue weighted by Crippen LogP contribution is -2.20. The first-order valence-corrected chi connectivity index (χ1v) is 7.49. The molecule has 2 rings (SSSR count). The van der Waals surface area contributed by atoms with E-state index in [1.54, 1.807) is 49.6 Å². The Morgan fingerprint density at radius 2 is 1.83 bits per heavy atom. The van der Waals surface area contributed by atoms with E-state index in [0.717, 1.165) is 5.56 Å². The molecule has 5 nitrogen and oxygen atoms in total. The molecule has 0 atom stereocenters. The van der Waals surface area contributed by atoms with Gasteiger partial charge in [0.25, 0.3) is 5.91 Å². The number of para-hydroxylation sites is 1. The molecule has 2 aromatic carbocycles. The Hall–Kier alpha value is -2.79. The van der Waals surface area contributed by atoms with Gasteiger partial charge >= 0.3 is 5.97 Å². The Morgan fingerprint density at radius 3 is 2.54 bits per heavy atom. The zero-order valence-corrected chi connectivity index (χ0v) is 13.7. The van der Waals surface area contributed by atoms with E-state index in [9.17, 15) is 9.59 Å². The summed E-state index contributed by atoms with van der Waals surface area (Å²) in [5, 5.41) is 3.17. The van der Waals surface area contributed by atoms with E-state index >= 15 is 0 Å². The molecule has 0 aliphatic heterocycles. The van der Waals surface area contributed by atoms with E-state index < -0.39 is 11.9 Å². The van der Waals surface area contributed by atoms with Crippen LogP contribution in [0.2, 0.25) is 5.02 Å². The van der Waals surface area contributed by atoms with Crippen molar-refractivity contribution in [3.05, 3.63) is 65.2 Å². The maximum absolute atomic E-state index is 11.7. The number of carbonyl (C=O) groups excluding carboxylic acids is 2. The summed E-state index contributed by atoms with van der Waals surface area (Å²) in [4.78, 5) is 23.4. The zero-order chi connectivity index (χ0) is 17.4. The van der Waals surface area contributed by atoms with E-state index in [1.807, 2.05) is 12.1 Å². The molecule has 0 radical (unpaired) electrons. The summed E-state index contributed by atoms with van der Waals surface area (Å²) in [7, 11) is 1.55. The molecule has 0 spiro atoms. The number of esters is 1. The van der Waals surface area contributed by atoms with Gasteiger partial charge in [0.15, 0.2) is 6.61 Å². The third-order valence-corrected chi connectivity index (χ3v) is 3.26. The summed E-state index contributed by atoms with van der Waals surface area (Å²) in [5.41, 5.74) is 1.31. The number of amides is 1. The van der Waals surface area contributed by atoms with Crippen molar-refractivity contribution in [1.29, 1.82) is 0 Å². The van der Waals surface area contributed by atoms with Gasteiger partial charge < -0.3 is 14.8 Å². The van der Waals surface area contributed by atoms with Gasteiger partial charge in [0.2, 0.25) is 0 Å². The molecule has 24 heavy (non-hydrogen) atoms. The van der Waals surface area contributed by atoms with Gasteiger partial charge in [0.1, 0.15) is 5.75 Å². The fraction of sp³-hybridized carbons (Fsp3) is 0.111. The van der Waals surface area contributed by atoms with Crippen LogP contribution in [0.25, 0.3) is 6.08 Å². The lowest BCUT2D eigenvalue weighted by Gasteiger charge is -2.05. The molecule has 0 fully saturated rings. The van der Waals surface area contributed by atoms with Crippen LogP contribution < -0.4 is 10.1 Å². The smallest absolute Gasteiger partial charge is 0.331 e. The van der Waals surface area contributed by atoms with E-state index in [1.165, 1.54) is 6.08 Å². The first-order valence-electron chi connectivity index (χ1n) is 7.12. The summed E-state index contributed by atoms with van der Waals surface area (Å²) in [6, 6.07) is 13.9. The fourth-order valence-electron chi connectivity index (χ4n) is 1.88. The average Bonchev–Trinajstić information content (AvgIpc) is 2.60. The normalized spacial score (nSPS) is 10.4. The van der Waals surface area contributed by atoms with Crippen LogP contribution in [-0.2, 0) is 14.3 Å². The SMILES string of the molecule is COc1ccccc1/C=C/C(=O)OCC(=O)Nc1ccc(Cl)cc1. The number of hydrogen-bond donors (Lipinski definition) is 1. The molecule has 0 unspecified atom stereocenters. The topological polar surface area (TPSA) is 64.6 Å². The fourth-order valence-corrected chi connectivity index (χ4v) is 2.00. The summed E-state index contributed by atoms with van der Waals surface area (Å²) < 4.78 is 10.1. The van der Waals surface area contributed by atoms with Crippen molar-refractivity contribution < 1.29 is 19.1 Å². The number of ether oxygens (including phenoxy) is 2. The molecule has 1 N–H and O–H groups in total. The molecule has 1 amide bonds. The van der Waals surface area contributed by atoms with Crippen LogP contribution in [0.1, 0.15) is 5.56 Å². The third-order valence-electron chi connectivity index (χ3n) is 3.01. The minimum atomic E-state index is -0.618. The van der Waals surface area contributed by atoms with Crippen LogP contribution >= 0.6 is 11.6 Å². The second-order valence-corrected chi connectivity index (χ2v) is 5.17. The van der Waals surface area contributed by atoms with Crippen LogP contribution in [0, 0.1) is 0 Å². The van der Waals surface area contributed by atoms with Crippen LogP contribution in [0.5, 0.6) is 5.75 Å². The van der Waals surface area contributed by atoms with Gasteiger partial charge in [-0.25, -0.2) is 4.79 Å². The van der Waals surface area contributed by atoms with Crippen molar-refractivity contribution >= 4 is 35.2 Å². The Balaban J connectivity index is 1.83. The number of methoxy groups -OCH3 is 1. The van der Waals surface area contributed by atoms with E-state index in [-0.39, 0.29) is 6.61 Å². The molecule has 0 heterocycles. The second-order valence-electron chi connectivity index (χ2n) is 4.74. The molecule has 0 aliphatic rings. The monoisotopic (exact) mass is 345 g/mol. The lowest BCUT2D eigenvalue weighted by molar-refractivity contribution is -0.142. The maximum Gasteiger partial charge on any atom is 0.331 e. The van der Waals surface area contributed by atoms with Crippen molar-refractivity contribution in [2.75, 3.05) is 19.0 Å². The largest absolute Gasteiger partial charge is 0.496 e. The average molecular weight is 346 g/mol. The number of nitrogens with one attached hydrogen (secondary N) is 1. The standard InChI is InChI=1S/C18H16ClNO4/c1-23-16-5-3-2-4-13(16)6-11-18(22)24-12-17(21)20-15-9-7-14(19)8-10-15/h2-11H,12H2,1H3,(H,20,21)/b11-6+. The molecule has 6 heteroatoms. The van der Waals surface area contributed by atoms with Crippen molar-refractivity contribution in [3.8, 4) is 5.75 Å². The van der Waals surface area contributed by atoms with Crippen LogP contribution in [0.15, 0.2) is 54.6 Å². The minimum absolute atomic E-state index is 0.377. The van der Waals surface area contributed by atoms with Crippen molar-refractivity contribution in [3.63, 3.8) is 0 Å². The number of carbonyl (C=O) groups is 2. The molecule has 0 bridgehead atoms. The van der Waals surface area contributed by atoms with Gasteiger partial charge in [-0.05, 0) is 36.4 Å². The second kappa shape index (κ2) is 8.74. The molecule has 0 aromatic heterocycles. The first-order chi connectivity index (χ1) is 11.6. The highest BCUT2D eigenvalue weighted by molar-refractivity contribution is 6.30. The predicted molar refractivity (Wildman–Crippen MR) is 93.1 cm³/mol. The van der Waals surface area contributed by atoms with Crippen LogP contribution in [0.3, 0.4) is 0 Å². The van der Waals surface area contributed by atoms with E-state index in [2.05, 4.69) is 5.32 Å². The van der Waals surface area contributed by atoms with Crippen molar-refractivity contribution in [2.24, 2.45) is 0 Å². The Morgan fingerprint density at radius 1 is 1.12 bits per heavy atom. The number of anilines is 1. The highest BCUT2D eigenvalue weighted by Crippen LogP contribution is 2.18. The third kappa shape index (κ3) is 5.44. The van der Waals surface area contributed by atoms with Crippen LogP contribution in [0.4, 0.5) is 5.69 Å². The zero-order valence-electron chi connectivity index (χ0n) is 13.0. The highest BCUT2D eigenvalue weighted by atomic mass is 35.5. The molecular formula is C18H16ClNO4. The number of rotatable bonds is 6. The molecule has 0 saturated carbocycles. The molecule has 124 valence electrons. The van der Waals surface area contributed by atoms with Gasteiger partial charge in [-0.1, -0.05) is 29.8 Å². The van der Waals surface area contributed by atoms with Gasteiger partial charge in [-0.3, -0.25) is 4.79 Å². The van der Waals surface area contributed by atoms with E-state index in [4.69, 9.17) is 21.1 Å². The van der Waals surface area contributed by atoms with Crippen LogP contribution in [-0.4, -0.2) is 25.6 Å². The van der Waals surface area contributed by atoms with Gasteiger partial charge in [0.05, 0.1) is 7.11 Å². The summed E-state index contributed by atoms with van der Waals surface area (Å²) >= 11 is 5.76. The van der Waals surface area contributed by atoms with Gasteiger partial charge in [-0.2, -0.15) is 0 Å². The Kier molecular flexibility index (Phi) is 6.40. The molecule has 0 saturated heterocycles. The maximum atomic E-state index is 11.7. The summed E-state index contributed by atoms with van der Waals surface area (Å²) in [6.45, 7) is -0.377. The minimum Gasteiger partial charge on any atom is -0.496 e. The molecule has 0 aliphatic carbocycles. The van der Waals surface area contributed by atoms with Gasteiger partial charge in [-0.15, -0.1) is 0 Å².